The summed E-state index contributed by atoms with van der Waals surface area (Å²) in [6.45, 7) is 0.260. The lowest BCUT2D eigenvalue weighted by Gasteiger charge is -2.51. The first kappa shape index (κ1) is 18.7. The number of hydrogen-bond acceptors (Lipinski definition) is 5. The van der Waals surface area contributed by atoms with Crippen LogP contribution in [0, 0.1) is 0 Å². The Morgan fingerprint density at radius 1 is 1.21 bits per heavy atom. The maximum Gasteiger partial charge on any atom is 0.410 e. The van der Waals surface area contributed by atoms with Gasteiger partial charge in [-0.1, -0.05) is 30.3 Å². The van der Waals surface area contributed by atoms with Crippen LogP contribution in [0.4, 0.5) is 4.79 Å². The van der Waals surface area contributed by atoms with Gasteiger partial charge >= 0.3 is 6.09 Å². The second-order valence-electron chi connectivity index (χ2n) is 7.70. The van der Waals surface area contributed by atoms with Gasteiger partial charge in [-0.05, 0) is 30.9 Å². The largest absolute Gasteiger partial charge is 0.496 e. The van der Waals surface area contributed by atoms with E-state index in [0.29, 0.717) is 24.2 Å². The molecule has 2 aliphatic rings. The number of amides is 1. The third kappa shape index (κ3) is 3.56. The van der Waals surface area contributed by atoms with Gasteiger partial charge in [0.05, 0.1) is 12.7 Å². The highest BCUT2D eigenvalue weighted by Crippen LogP contribution is 2.46. The maximum absolute atomic E-state index is 12.8. The van der Waals surface area contributed by atoms with Crippen molar-refractivity contribution >= 4 is 6.09 Å². The Bertz CT molecular complexity index is 812. The first-order chi connectivity index (χ1) is 13.6. The molecule has 3 heterocycles. The summed E-state index contributed by atoms with van der Waals surface area (Å²) < 4.78 is 11.0. The van der Waals surface area contributed by atoms with Gasteiger partial charge in [-0.25, -0.2) is 4.79 Å². The zero-order valence-corrected chi connectivity index (χ0v) is 16.1. The molecule has 1 N–H and O–H groups in total. The highest BCUT2D eigenvalue weighted by Gasteiger charge is 2.49. The summed E-state index contributed by atoms with van der Waals surface area (Å²) in [6.07, 6.45) is 6.75. The molecule has 1 aromatic heterocycles. The number of aromatic nitrogens is 1. The number of pyridine rings is 1. The molecule has 0 spiro atoms. The topological polar surface area (TPSA) is 71.9 Å². The van der Waals surface area contributed by atoms with Gasteiger partial charge in [0.15, 0.2) is 0 Å². The predicted octanol–water partition coefficient (Wildman–Crippen LogP) is 3.63. The van der Waals surface area contributed by atoms with E-state index in [1.165, 1.54) is 0 Å². The number of hydrogen-bond donors (Lipinski definition) is 1. The second-order valence-corrected chi connectivity index (χ2v) is 7.70. The Morgan fingerprint density at radius 3 is 2.61 bits per heavy atom. The van der Waals surface area contributed by atoms with Crippen LogP contribution in [0.15, 0.2) is 48.8 Å². The molecule has 2 atom stereocenters. The average molecular weight is 382 g/mol. The van der Waals surface area contributed by atoms with Crippen LogP contribution in [0.3, 0.4) is 0 Å². The molecule has 148 valence electrons. The third-order valence-electron chi connectivity index (χ3n) is 5.93. The molecule has 6 heteroatoms. The molecule has 1 amide bonds. The van der Waals surface area contributed by atoms with Crippen LogP contribution in [0.1, 0.15) is 43.2 Å². The quantitative estimate of drug-likeness (QED) is 0.874. The monoisotopic (exact) mass is 382 g/mol. The predicted molar refractivity (Wildman–Crippen MR) is 104 cm³/mol. The number of fused-ring (bicyclic) bond motifs is 2. The summed E-state index contributed by atoms with van der Waals surface area (Å²) in [5.74, 6) is 0.635. The maximum atomic E-state index is 12.8. The minimum atomic E-state index is -1.05. The average Bonchev–Trinajstić information content (AvgIpc) is 2.72. The van der Waals surface area contributed by atoms with Gasteiger partial charge < -0.3 is 19.5 Å². The van der Waals surface area contributed by atoms with Crippen LogP contribution in [0.25, 0.3) is 0 Å². The molecule has 28 heavy (non-hydrogen) atoms. The summed E-state index contributed by atoms with van der Waals surface area (Å²) in [4.78, 5) is 18.9. The molecule has 2 bridgehead atoms. The fourth-order valence-corrected chi connectivity index (χ4v) is 4.65. The van der Waals surface area contributed by atoms with E-state index in [-0.39, 0.29) is 24.8 Å². The Morgan fingerprint density at radius 2 is 1.93 bits per heavy atom. The highest BCUT2D eigenvalue weighted by molar-refractivity contribution is 5.69. The standard InChI is InChI=1S/C22H26N2O4/c1-27-20-10-11-23-14-19(20)22(26)12-17-8-5-9-18(13-22)24(17)21(25)28-15-16-6-3-2-4-7-16/h2-4,6-7,10-11,14,17-18,26H,5,8-9,12-13,15H2,1H3. The highest BCUT2D eigenvalue weighted by atomic mass is 16.6. The van der Waals surface area contributed by atoms with Crippen LogP contribution >= 0.6 is 0 Å². The van der Waals surface area contributed by atoms with Crippen LogP contribution in [-0.4, -0.2) is 40.3 Å². The normalized spacial score (nSPS) is 26.6. The number of ether oxygens (including phenoxy) is 2. The van der Waals surface area contributed by atoms with Gasteiger partial charge in [0.1, 0.15) is 12.4 Å². The van der Waals surface area contributed by atoms with Crippen molar-refractivity contribution in [2.75, 3.05) is 7.11 Å². The zero-order chi connectivity index (χ0) is 19.6. The fraction of sp³-hybridized carbons (Fsp3) is 0.455. The van der Waals surface area contributed by atoms with Gasteiger partial charge in [-0.2, -0.15) is 0 Å². The minimum absolute atomic E-state index is 0.0503. The molecule has 2 fully saturated rings. The first-order valence-corrected chi connectivity index (χ1v) is 9.80. The molecule has 0 radical (unpaired) electrons. The van der Waals surface area contributed by atoms with Crippen LogP contribution in [0.2, 0.25) is 0 Å². The molecule has 6 nitrogen and oxygen atoms in total. The Balaban J connectivity index is 1.51. The molecule has 4 rings (SSSR count). The van der Waals surface area contributed by atoms with E-state index >= 15 is 0 Å². The summed E-state index contributed by atoms with van der Waals surface area (Å²) >= 11 is 0. The fourth-order valence-electron chi connectivity index (χ4n) is 4.65. The lowest BCUT2D eigenvalue weighted by atomic mass is 9.73. The second kappa shape index (κ2) is 7.80. The molecule has 2 aromatic rings. The van der Waals surface area contributed by atoms with E-state index in [2.05, 4.69) is 4.98 Å². The molecule has 2 saturated heterocycles. The SMILES string of the molecule is COc1ccncc1C1(O)CC2CCCC(C1)N2C(=O)OCc1ccccc1. The molecule has 2 aliphatic heterocycles. The van der Waals surface area contributed by atoms with Crippen molar-refractivity contribution in [1.29, 1.82) is 0 Å². The van der Waals surface area contributed by atoms with Crippen molar-refractivity contribution in [3.05, 3.63) is 59.9 Å². The van der Waals surface area contributed by atoms with Crippen molar-refractivity contribution < 1.29 is 19.4 Å². The summed E-state index contributed by atoms with van der Waals surface area (Å²) in [5.41, 5.74) is 0.618. The zero-order valence-electron chi connectivity index (χ0n) is 16.1. The molecule has 1 aromatic carbocycles. The van der Waals surface area contributed by atoms with Crippen molar-refractivity contribution in [2.45, 2.75) is 56.4 Å². The molecule has 2 unspecified atom stereocenters. The Labute approximate surface area is 165 Å². The van der Waals surface area contributed by atoms with Gasteiger partial charge in [0, 0.05) is 42.9 Å². The van der Waals surface area contributed by atoms with Gasteiger partial charge in [-0.3, -0.25) is 4.98 Å². The number of piperidine rings is 2. The van der Waals surface area contributed by atoms with E-state index in [9.17, 15) is 9.90 Å². The molecule has 0 aliphatic carbocycles. The van der Waals surface area contributed by atoms with E-state index in [1.54, 1.807) is 25.6 Å². The van der Waals surface area contributed by atoms with Gasteiger partial charge in [0.25, 0.3) is 0 Å². The lowest BCUT2D eigenvalue weighted by molar-refractivity contribution is -0.0906. The molecule has 0 saturated carbocycles. The van der Waals surface area contributed by atoms with E-state index in [1.807, 2.05) is 35.2 Å². The third-order valence-corrected chi connectivity index (χ3v) is 5.93. The van der Waals surface area contributed by atoms with Gasteiger partial charge in [0.2, 0.25) is 0 Å². The Kier molecular flexibility index (Phi) is 5.22. The summed E-state index contributed by atoms with van der Waals surface area (Å²) in [6, 6.07) is 11.4. The number of carbonyl (C=O) groups excluding carboxylic acids is 1. The number of carbonyl (C=O) groups is 1. The van der Waals surface area contributed by atoms with Gasteiger partial charge in [-0.15, -0.1) is 0 Å². The molecular formula is C22H26N2O4. The van der Waals surface area contributed by atoms with Crippen molar-refractivity contribution in [2.24, 2.45) is 0 Å². The van der Waals surface area contributed by atoms with E-state index < -0.39 is 5.60 Å². The summed E-state index contributed by atoms with van der Waals surface area (Å²) in [7, 11) is 1.60. The number of nitrogens with zero attached hydrogens (tertiary/aromatic N) is 2. The van der Waals surface area contributed by atoms with E-state index in [4.69, 9.17) is 9.47 Å². The van der Waals surface area contributed by atoms with Crippen molar-refractivity contribution in [1.82, 2.24) is 9.88 Å². The minimum Gasteiger partial charge on any atom is -0.496 e. The van der Waals surface area contributed by atoms with Crippen LogP contribution in [0.5, 0.6) is 5.75 Å². The lowest BCUT2D eigenvalue weighted by Crippen LogP contribution is -2.59. The van der Waals surface area contributed by atoms with Crippen LogP contribution in [-0.2, 0) is 16.9 Å². The Hall–Kier alpha value is -2.60. The van der Waals surface area contributed by atoms with Crippen LogP contribution < -0.4 is 4.74 Å². The van der Waals surface area contributed by atoms with Crippen molar-refractivity contribution in [3.8, 4) is 5.75 Å². The number of methoxy groups -OCH3 is 1. The smallest absolute Gasteiger partial charge is 0.410 e. The van der Waals surface area contributed by atoms with E-state index in [0.717, 1.165) is 24.8 Å². The number of aliphatic hydroxyl groups is 1. The first-order valence-electron chi connectivity index (χ1n) is 9.80. The summed E-state index contributed by atoms with van der Waals surface area (Å²) in [5, 5.41) is 11.5. The van der Waals surface area contributed by atoms with Crippen molar-refractivity contribution in [3.63, 3.8) is 0 Å². The number of benzene rings is 1. The molecular weight excluding hydrogens is 356 g/mol. The number of rotatable bonds is 4.